The van der Waals surface area contributed by atoms with E-state index in [4.69, 9.17) is 4.74 Å². The van der Waals surface area contributed by atoms with Crippen LogP contribution in [-0.2, 0) is 4.74 Å². The number of morpholine rings is 1. The number of fused-ring (bicyclic) bond motifs is 1. The SMILES string of the molecule is Brc1cccc(Nc2ncnc3cc(NCCCN4CCOCC4)ncc23)c1. The van der Waals surface area contributed by atoms with Gasteiger partial charge in [-0.05, 0) is 31.2 Å². The summed E-state index contributed by atoms with van der Waals surface area (Å²) in [4.78, 5) is 15.7. The second-order valence-electron chi connectivity index (χ2n) is 6.68. The molecule has 146 valence electrons. The van der Waals surface area contributed by atoms with Gasteiger partial charge in [0.05, 0.1) is 24.1 Å². The third kappa shape index (κ3) is 4.95. The summed E-state index contributed by atoms with van der Waals surface area (Å²) in [5.74, 6) is 1.58. The quantitative estimate of drug-likeness (QED) is 0.540. The Balaban J connectivity index is 1.38. The molecule has 2 aromatic heterocycles. The molecule has 1 aliphatic heterocycles. The first-order valence-corrected chi connectivity index (χ1v) is 10.2. The van der Waals surface area contributed by atoms with Crippen LogP contribution in [0.4, 0.5) is 17.3 Å². The van der Waals surface area contributed by atoms with Gasteiger partial charge in [-0.1, -0.05) is 22.0 Å². The fourth-order valence-electron chi connectivity index (χ4n) is 3.20. The Bertz CT molecular complexity index is 931. The molecule has 0 bridgehead atoms. The van der Waals surface area contributed by atoms with Crippen LogP contribution in [0.1, 0.15) is 6.42 Å². The van der Waals surface area contributed by atoms with E-state index in [1.165, 1.54) is 0 Å². The monoisotopic (exact) mass is 442 g/mol. The highest BCUT2D eigenvalue weighted by molar-refractivity contribution is 9.10. The first kappa shape index (κ1) is 19.0. The Hall–Kier alpha value is -2.29. The van der Waals surface area contributed by atoms with E-state index < -0.39 is 0 Å². The van der Waals surface area contributed by atoms with Crippen molar-refractivity contribution in [3.63, 3.8) is 0 Å². The summed E-state index contributed by atoms with van der Waals surface area (Å²) in [6, 6.07) is 9.94. The number of halogens is 1. The molecule has 0 spiro atoms. The van der Waals surface area contributed by atoms with E-state index in [1.807, 2.05) is 36.5 Å². The summed E-state index contributed by atoms with van der Waals surface area (Å²) in [5, 5.41) is 7.63. The van der Waals surface area contributed by atoms with Gasteiger partial charge in [0.25, 0.3) is 0 Å². The smallest absolute Gasteiger partial charge is 0.143 e. The number of aromatic nitrogens is 3. The molecule has 28 heavy (non-hydrogen) atoms. The first-order chi connectivity index (χ1) is 13.8. The third-order valence-electron chi connectivity index (χ3n) is 4.67. The van der Waals surface area contributed by atoms with Gasteiger partial charge in [0.1, 0.15) is 18.0 Å². The highest BCUT2D eigenvalue weighted by atomic mass is 79.9. The van der Waals surface area contributed by atoms with Gasteiger partial charge in [-0.25, -0.2) is 15.0 Å². The lowest BCUT2D eigenvalue weighted by molar-refractivity contribution is 0.0378. The van der Waals surface area contributed by atoms with Gasteiger partial charge in [0, 0.05) is 42.1 Å². The van der Waals surface area contributed by atoms with E-state index in [1.54, 1.807) is 6.33 Å². The fourth-order valence-corrected chi connectivity index (χ4v) is 3.59. The summed E-state index contributed by atoms with van der Waals surface area (Å²) in [6.07, 6.45) is 4.46. The molecule has 8 heteroatoms. The van der Waals surface area contributed by atoms with Crippen LogP contribution in [-0.4, -0.2) is 59.2 Å². The Labute approximate surface area is 172 Å². The number of anilines is 3. The molecule has 0 radical (unpaired) electrons. The molecule has 1 aliphatic rings. The predicted molar refractivity (Wildman–Crippen MR) is 115 cm³/mol. The zero-order valence-corrected chi connectivity index (χ0v) is 17.2. The number of nitrogens with one attached hydrogen (secondary N) is 2. The zero-order valence-electron chi connectivity index (χ0n) is 15.6. The van der Waals surface area contributed by atoms with Crippen LogP contribution in [0.5, 0.6) is 0 Å². The molecule has 2 N–H and O–H groups in total. The van der Waals surface area contributed by atoms with Crippen LogP contribution in [0.2, 0.25) is 0 Å². The van der Waals surface area contributed by atoms with E-state index in [-0.39, 0.29) is 0 Å². The largest absolute Gasteiger partial charge is 0.379 e. The van der Waals surface area contributed by atoms with E-state index in [0.29, 0.717) is 0 Å². The minimum Gasteiger partial charge on any atom is -0.379 e. The van der Waals surface area contributed by atoms with Gasteiger partial charge in [0.15, 0.2) is 0 Å². The number of rotatable bonds is 7. The summed E-state index contributed by atoms with van der Waals surface area (Å²) < 4.78 is 6.39. The normalized spacial score (nSPS) is 14.9. The van der Waals surface area contributed by atoms with Gasteiger partial charge < -0.3 is 15.4 Å². The second kappa shape index (κ2) is 9.27. The average molecular weight is 443 g/mol. The molecule has 3 heterocycles. The lowest BCUT2D eigenvalue weighted by Crippen LogP contribution is -2.37. The third-order valence-corrected chi connectivity index (χ3v) is 5.16. The van der Waals surface area contributed by atoms with Crippen molar-refractivity contribution in [3.8, 4) is 0 Å². The van der Waals surface area contributed by atoms with Crippen LogP contribution in [0.15, 0.2) is 47.3 Å². The molecule has 0 atom stereocenters. The minimum atomic E-state index is 0.745. The average Bonchev–Trinajstić information content (AvgIpc) is 2.72. The van der Waals surface area contributed by atoms with Crippen molar-refractivity contribution in [3.05, 3.63) is 47.3 Å². The van der Waals surface area contributed by atoms with Crippen molar-refractivity contribution in [2.75, 3.05) is 50.0 Å². The summed E-state index contributed by atoms with van der Waals surface area (Å²) >= 11 is 3.49. The van der Waals surface area contributed by atoms with Gasteiger partial charge in [0.2, 0.25) is 0 Å². The van der Waals surface area contributed by atoms with E-state index in [9.17, 15) is 0 Å². The second-order valence-corrected chi connectivity index (χ2v) is 7.59. The number of hydrogen-bond donors (Lipinski definition) is 2. The van der Waals surface area contributed by atoms with Crippen molar-refractivity contribution in [1.29, 1.82) is 0 Å². The van der Waals surface area contributed by atoms with Crippen molar-refractivity contribution >= 4 is 44.2 Å². The molecule has 3 aromatic rings. The lowest BCUT2D eigenvalue weighted by Gasteiger charge is -2.26. The maximum absolute atomic E-state index is 5.38. The fraction of sp³-hybridized carbons (Fsp3) is 0.350. The molecule has 1 aromatic carbocycles. The van der Waals surface area contributed by atoms with Gasteiger partial charge in [-0.2, -0.15) is 0 Å². The van der Waals surface area contributed by atoms with Gasteiger partial charge in [-0.15, -0.1) is 0 Å². The van der Waals surface area contributed by atoms with E-state index in [2.05, 4.69) is 46.4 Å². The van der Waals surface area contributed by atoms with Gasteiger partial charge in [-0.3, -0.25) is 4.90 Å². The molecule has 0 saturated carbocycles. The number of nitrogens with zero attached hydrogens (tertiary/aromatic N) is 4. The number of ether oxygens (including phenoxy) is 1. The summed E-state index contributed by atoms with van der Waals surface area (Å²) in [5.41, 5.74) is 1.82. The Morgan fingerprint density at radius 3 is 2.86 bits per heavy atom. The van der Waals surface area contributed by atoms with Crippen LogP contribution < -0.4 is 10.6 Å². The van der Waals surface area contributed by atoms with Crippen molar-refractivity contribution in [2.24, 2.45) is 0 Å². The number of pyridine rings is 1. The molecule has 7 nitrogen and oxygen atoms in total. The Morgan fingerprint density at radius 2 is 2.00 bits per heavy atom. The van der Waals surface area contributed by atoms with Crippen molar-refractivity contribution in [1.82, 2.24) is 19.9 Å². The Morgan fingerprint density at radius 1 is 1.11 bits per heavy atom. The van der Waals surface area contributed by atoms with Crippen LogP contribution in [0.25, 0.3) is 10.9 Å². The molecular formula is C20H23BrN6O. The van der Waals surface area contributed by atoms with Crippen molar-refractivity contribution < 1.29 is 4.74 Å². The highest BCUT2D eigenvalue weighted by Gasteiger charge is 2.10. The first-order valence-electron chi connectivity index (χ1n) is 9.45. The number of hydrogen-bond acceptors (Lipinski definition) is 7. The zero-order chi connectivity index (χ0) is 19.2. The van der Waals surface area contributed by atoms with Crippen LogP contribution in [0, 0.1) is 0 Å². The Kier molecular flexibility index (Phi) is 6.31. The topological polar surface area (TPSA) is 75.2 Å². The molecule has 0 unspecified atom stereocenters. The van der Waals surface area contributed by atoms with Crippen LogP contribution >= 0.6 is 15.9 Å². The van der Waals surface area contributed by atoms with E-state index in [0.717, 1.165) is 78.5 Å². The molecule has 4 rings (SSSR count). The minimum absolute atomic E-state index is 0.745. The number of benzene rings is 1. The maximum atomic E-state index is 5.38. The molecule has 1 fully saturated rings. The lowest BCUT2D eigenvalue weighted by atomic mass is 10.2. The molecule has 0 amide bonds. The molecular weight excluding hydrogens is 420 g/mol. The summed E-state index contributed by atoms with van der Waals surface area (Å²) in [6.45, 7) is 5.69. The van der Waals surface area contributed by atoms with Crippen LogP contribution in [0.3, 0.4) is 0 Å². The maximum Gasteiger partial charge on any atom is 0.143 e. The van der Waals surface area contributed by atoms with Gasteiger partial charge >= 0.3 is 0 Å². The molecule has 1 saturated heterocycles. The molecule has 0 aliphatic carbocycles. The standard InChI is InChI=1S/C20H23BrN6O/c21-15-3-1-4-16(11-15)26-20-17-13-23-19(12-18(17)24-14-25-20)22-5-2-6-27-7-9-28-10-8-27/h1,3-4,11-14H,2,5-10H2,(H,22,23)(H,24,25,26). The van der Waals surface area contributed by atoms with E-state index >= 15 is 0 Å². The van der Waals surface area contributed by atoms with Crippen molar-refractivity contribution in [2.45, 2.75) is 6.42 Å². The summed E-state index contributed by atoms with van der Waals surface area (Å²) in [7, 11) is 0. The highest BCUT2D eigenvalue weighted by Crippen LogP contribution is 2.25. The predicted octanol–water partition coefficient (Wildman–Crippen LogP) is 3.67.